The molecule has 0 atom stereocenters. The van der Waals surface area contributed by atoms with Crippen LogP contribution in [0.1, 0.15) is 31.9 Å². The summed E-state index contributed by atoms with van der Waals surface area (Å²) in [5.74, 6) is 0.700. The lowest BCUT2D eigenvalue weighted by Crippen LogP contribution is -2.50. The molecule has 2 aromatic heterocycles. The number of imidazole rings is 1. The molecule has 0 saturated carbocycles. The maximum atomic E-state index is 13.9. The Labute approximate surface area is 286 Å². The summed E-state index contributed by atoms with van der Waals surface area (Å²) >= 11 is 0. The van der Waals surface area contributed by atoms with E-state index in [0.29, 0.717) is 43.7 Å². The maximum absolute atomic E-state index is 13.9. The van der Waals surface area contributed by atoms with Crippen molar-refractivity contribution in [2.45, 2.75) is 39.6 Å². The van der Waals surface area contributed by atoms with Gasteiger partial charge in [0, 0.05) is 52.4 Å². The molecule has 1 fully saturated rings. The molecule has 1 saturated heterocycles. The molecule has 5 aromatic rings. The first-order valence-corrected chi connectivity index (χ1v) is 16.7. The summed E-state index contributed by atoms with van der Waals surface area (Å²) in [6.07, 6.45) is -0.263. The average Bonchev–Trinajstić information content (AvgIpc) is 3.36. The first-order chi connectivity index (χ1) is 23.7. The number of carbonyl (C=O) groups excluding carboxylic acids is 1. The molecular formula is C38H44N6O5. The maximum Gasteiger partial charge on any atom is 0.410 e. The fourth-order valence-corrected chi connectivity index (χ4v) is 5.85. The predicted octanol–water partition coefficient (Wildman–Crippen LogP) is 5.85. The summed E-state index contributed by atoms with van der Waals surface area (Å²) < 4.78 is 21.1. The first kappa shape index (κ1) is 33.6. The normalized spacial score (nSPS) is 13.8. The highest BCUT2D eigenvalue weighted by Crippen LogP contribution is 2.30. The van der Waals surface area contributed by atoms with Gasteiger partial charge in [0.25, 0.3) is 0 Å². The highest BCUT2D eigenvalue weighted by molar-refractivity contribution is 5.90. The molecule has 256 valence electrons. The highest BCUT2D eigenvalue weighted by Gasteiger charge is 2.26. The lowest BCUT2D eigenvalue weighted by atomic mass is 10.2. The smallest absolute Gasteiger partial charge is 0.410 e. The number of benzene rings is 3. The fraction of sp³-hybridized carbons (Fsp3) is 0.342. The standard InChI is InChI=1S/C38H44N6O5/c1-38(2,3)49-37(46)43-24-22-42(23-25-43)21-20-39-30-16-11-17-31-34(30)41(4)36(45)44(31)32-18-19-33(47-26-28-12-7-5-8-13-28)40-35(32)48-27-29-14-9-6-10-15-29/h5-19,39H,20-27H2,1-4H3. The molecule has 49 heavy (non-hydrogen) atoms. The number of aromatic nitrogens is 3. The second-order valence-electron chi connectivity index (χ2n) is 13.1. The van der Waals surface area contributed by atoms with E-state index in [4.69, 9.17) is 19.2 Å². The molecule has 3 aromatic carbocycles. The van der Waals surface area contributed by atoms with E-state index in [0.717, 1.165) is 47.5 Å². The SMILES string of the molecule is Cn1c(=O)n(-c2ccc(OCc3ccccc3)nc2OCc2ccccc2)c2cccc(NCCN3CCN(C(=O)OC(C)(C)C)CC3)c21. The first-order valence-electron chi connectivity index (χ1n) is 16.7. The number of aryl methyl sites for hydroxylation is 1. The molecule has 3 heterocycles. The molecule has 6 rings (SSSR count). The fourth-order valence-electron chi connectivity index (χ4n) is 5.85. The van der Waals surface area contributed by atoms with E-state index in [-0.39, 0.29) is 18.4 Å². The molecule has 1 aliphatic rings. The largest absolute Gasteiger partial charge is 0.473 e. The van der Waals surface area contributed by atoms with Crippen molar-refractivity contribution >= 4 is 22.8 Å². The number of amides is 1. The molecule has 1 aliphatic heterocycles. The molecule has 0 bridgehead atoms. The summed E-state index contributed by atoms with van der Waals surface area (Å²) in [5.41, 5.74) is 4.17. The van der Waals surface area contributed by atoms with Crippen molar-refractivity contribution in [3.05, 3.63) is 113 Å². The number of rotatable bonds is 11. The quantitative estimate of drug-likeness (QED) is 0.188. The van der Waals surface area contributed by atoms with Crippen LogP contribution in [0.15, 0.2) is 95.8 Å². The van der Waals surface area contributed by atoms with Crippen LogP contribution in [0.25, 0.3) is 16.7 Å². The lowest BCUT2D eigenvalue weighted by Gasteiger charge is -2.35. The topological polar surface area (TPSA) is 103 Å². The Kier molecular flexibility index (Phi) is 10.2. The summed E-state index contributed by atoms with van der Waals surface area (Å²) in [6, 6.07) is 29.2. The lowest BCUT2D eigenvalue weighted by molar-refractivity contribution is 0.0148. The number of ether oxygens (including phenoxy) is 3. The molecule has 0 spiro atoms. The van der Waals surface area contributed by atoms with Crippen molar-refractivity contribution in [1.29, 1.82) is 0 Å². The number of nitrogens with zero attached hydrogens (tertiary/aromatic N) is 5. The Morgan fingerprint density at radius 2 is 1.47 bits per heavy atom. The van der Waals surface area contributed by atoms with Crippen LogP contribution >= 0.6 is 0 Å². The van der Waals surface area contributed by atoms with Gasteiger partial charge >= 0.3 is 11.8 Å². The van der Waals surface area contributed by atoms with Crippen LogP contribution in [-0.4, -0.2) is 74.9 Å². The molecule has 0 aliphatic carbocycles. The summed E-state index contributed by atoms with van der Waals surface area (Å²) in [6.45, 7) is 10.5. The van der Waals surface area contributed by atoms with E-state index < -0.39 is 5.60 Å². The van der Waals surface area contributed by atoms with Crippen LogP contribution in [0.5, 0.6) is 11.8 Å². The molecular weight excluding hydrogens is 620 g/mol. The van der Waals surface area contributed by atoms with Crippen LogP contribution in [-0.2, 0) is 25.0 Å². The summed E-state index contributed by atoms with van der Waals surface area (Å²) in [7, 11) is 1.78. The van der Waals surface area contributed by atoms with Crippen LogP contribution in [0.3, 0.4) is 0 Å². The van der Waals surface area contributed by atoms with Gasteiger partial charge in [-0.15, -0.1) is 0 Å². The molecule has 1 N–H and O–H groups in total. The average molecular weight is 665 g/mol. The third-order valence-electron chi connectivity index (χ3n) is 8.34. The van der Waals surface area contributed by atoms with Crippen LogP contribution in [0.2, 0.25) is 0 Å². The molecule has 0 unspecified atom stereocenters. The molecule has 1 amide bonds. The number of para-hydroxylation sites is 1. The van der Waals surface area contributed by atoms with Gasteiger partial charge in [-0.05, 0) is 50.1 Å². The van der Waals surface area contributed by atoms with Crippen LogP contribution in [0.4, 0.5) is 10.5 Å². The van der Waals surface area contributed by atoms with E-state index in [1.54, 1.807) is 27.1 Å². The zero-order valence-electron chi connectivity index (χ0n) is 28.6. The van der Waals surface area contributed by atoms with E-state index >= 15 is 0 Å². The second-order valence-corrected chi connectivity index (χ2v) is 13.1. The summed E-state index contributed by atoms with van der Waals surface area (Å²) in [4.78, 5) is 35.2. The Bertz CT molecular complexity index is 1930. The minimum atomic E-state index is -0.508. The van der Waals surface area contributed by atoms with Gasteiger partial charge in [0.05, 0.1) is 16.7 Å². The zero-order valence-corrected chi connectivity index (χ0v) is 28.6. The highest BCUT2D eigenvalue weighted by atomic mass is 16.6. The molecule has 11 heteroatoms. The van der Waals surface area contributed by atoms with Gasteiger partial charge in [0.1, 0.15) is 24.5 Å². The number of fused-ring (bicyclic) bond motifs is 1. The number of anilines is 1. The zero-order chi connectivity index (χ0) is 34.4. The molecule has 11 nitrogen and oxygen atoms in total. The Morgan fingerprint density at radius 3 is 2.12 bits per heavy atom. The van der Waals surface area contributed by atoms with E-state index in [2.05, 4.69) is 10.2 Å². The van der Waals surface area contributed by atoms with Crippen molar-refractivity contribution < 1.29 is 19.0 Å². The third-order valence-corrected chi connectivity index (χ3v) is 8.34. The van der Waals surface area contributed by atoms with Gasteiger partial charge < -0.3 is 24.4 Å². The number of pyridine rings is 1. The second kappa shape index (κ2) is 14.9. The minimum Gasteiger partial charge on any atom is -0.473 e. The van der Waals surface area contributed by atoms with E-state index in [9.17, 15) is 9.59 Å². The Morgan fingerprint density at radius 1 is 0.816 bits per heavy atom. The van der Waals surface area contributed by atoms with Crippen molar-refractivity contribution in [3.63, 3.8) is 0 Å². The number of carbonyl (C=O) groups is 1. The number of nitrogens with one attached hydrogen (secondary N) is 1. The molecule has 0 radical (unpaired) electrons. The monoisotopic (exact) mass is 664 g/mol. The van der Waals surface area contributed by atoms with Gasteiger partial charge in [-0.25, -0.2) is 9.59 Å². The predicted molar refractivity (Wildman–Crippen MR) is 191 cm³/mol. The van der Waals surface area contributed by atoms with Gasteiger partial charge in [-0.1, -0.05) is 66.7 Å². The van der Waals surface area contributed by atoms with Crippen molar-refractivity contribution in [1.82, 2.24) is 23.9 Å². The van der Waals surface area contributed by atoms with E-state index in [1.807, 2.05) is 106 Å². The Hall–Kier alpha value is -5.29. The van der Waals surface area contributed by atoms with Crippen LogP contribution < -0.4 is 20.5 Å². The summed E-state index contributed by atoms with van der Waals surface area (Å²) in [5, 5.41) is 3.55. The minimum absolute atomic E-state index is 0.216. The van der Waals surface area contributed by atoms with Gasteiger partial charge in [-0.2, -0.15) is 4.98 Å². The van der Waals surface area contributed by atoms with Crippen molar-refractivity contribution in [2.24, 2.45) is 7.05 Å². The van der Waals surface area contributed by atoms with Crippen molar-refractivity contribution in [2.75, 3.05) is 44.6 Å². The number of hydrogen-bond donors (Lipinski definition) is 1. The van der Waals surface area contributed by atoms with E-state index in [1.165, 1.54) is 0 Å². The number of piperazine rings is 1. The van der Waals surface area contributed by atoms with Gasteiger partial charge in [0.15, 0.2) is 0 Å². The van der Waals surface area contributed by atoms with Crippen molar-refractivity contribution in [3.8, 4) is 17.4 Å². The number of hydrogen-bond acceptors (Lipinski definition) is 8. The van der Waals surface area contributed by atoms with Gasteiger partial charge in [-0.3, -0.25) is 14.0 Å². The third kappa shape index (κ3) is 8.24. The Balaban J connectivity index is 1.20. The van der Waals surface area contributed by atoms with Gasteiger partial charge in [0.2, 0.25) is 11.8 Å². The van der Waals surface area contributed by atoms with Crippen LogP contribution in [0, 0.1) is 0 Å².